The second kappa shape index (κ2) is 3.45. The smallest absolute Gasteiger partial charge is 0.408 e. The van der Waals surface area contributed by atoms with E-state index in [1.165, 1.54) is 0 Å². The van der Waals surface area contributed by atoms with Gasteiger partial charge in [0.2, 0.25) is 0 Å². The van der Waals surface area contributed by atoms with E-state index in [0.29, 0.717) is 17.6 Å². The lowest BCUT2D eigenvalue weighted by molar-refractivity contribution is 0.419. The molecule has 1 unspecified atom stereocenters. The topological polar surface area (TPSA) is 98.0 Å². The molecule has 90 valence electrons. The van der Waals surface area contributed by atoms with Gasteiger partial charge in [-0.05, 0) is 37.1 Å². The normalized spacial score (nSPS) is 19.4. The van der Waals surface area contributed by atoms with Crippen molar-refractivity contribution in [1.29, 1.82) is 0 Å². The van der Waals surface area contributed by atoms with E-state index in [9.17, 15) is 4.79 Å². The Morgan fingerprint density at radius 2 is 2.24 bits per heavy atom. The van der Waals surface area contributed by atoms with Crippen LogP contribution in [-0.4, -0.2) is 11.5 Å². The molecule has 0 radical (unpaired) electrons. The Morgan fingerprint density at radius 1 is 1.47 bits per heavy atom. The molecule has 1 saturated carbocycles. The van der Waals surface area contributed by atoms with Crippen LogP contribution in [0.1, 0.15) is 24.4 Å². The number of nitrogens with two attached hydrogens (primary N) is 2. The summed E-state index contributed by atoms with van der Waals surface area (Å²) in [7, 11) is 0. The van der Waals surface area contributed by atoms with Crippen molar-refractivity contribution in [1.82, 2.24) is 4.98 Å². The van der Waals surface area contributed by atoms with Gasteiger partial charge in [0.1, 0.15) is 0 Å². The fourth-order valence-electron chi connectivity index (χ4n) is 2.31. The number of fused-ring (bicyclic) bond motifs is 1. The van der Waals surface area contributed by atoms with Crippen LogP contribution < -0.4 is 17.2 Å². The molecule has 1 fully saturated rings. The standard InChI is InChI=1S/C12H15N3O2/c13-6-12(3-4-12)10(14)7-1-2-8-9(5-7)17-11(16)15-8/h1-2,5,10H,3-4,6,13-14H2,(H,15,16). The molecule has 1 atom stereocenters. The minimum Gasteiger partial charge on any atom is -0.408 e. The molecule has 0 aliphatic heterocycles. The molecule has 1 aliphatic carbocycles. The third-order valence-corrected chi connectivity index (χ3v) is 3.76. The van der Waals surface area contributed by atoms with Crippen LogP contribution in [0, 0.1) is 5.41 Å². The van der Waals surface area contributed by atoms with E-state index in [4.69, 9.17) is 15.9 Å². The van der Waals surface area contributed by atoms with Gasteiger partial charge in [0.15, 0.2) is 5.58 Å². The number of rotatable bonds is 3. The molecule has 17 heavy (non-hydrogen) atoms. The SMILES string of the molecule is NCC1(C(N)c2ccc3[nH]c(=O)oc3c2)CC1. The molecule has 1 aromatic heterocycles. The summed E-state index contributed by atoms with van der Waals surface area (Å²) in [4.78, 5) is 13.7. The van der Waals surface area contributed by atoms with Gasteiger partial charge in [0.05, 0.1) is 5.52 Å². The molecule has 5 N–H and O–H groups in total. The van der Waals surface area contributed by atoms with E-state index in [1.54, 1.807) is 0 Å². The molecule has 0 spiro atoms. The summed E-state index contributed by atoms with van der Waals surface area (Å²) in [5, 5.41) is 0. The van der Waals surface area contributed by atoms with Crippen molar-refractivity contribution in [3.63, 3.8) is 0 Å². The van der Waals surface area contributed by atoms with Gasteiger partial charge >= 0.3 is 5.76 Å². The van der Waals surface area contributed by atoms with Crippen molar-refractivity contribution in [2.45, 2.75) is 18.9 Å². The molecule has 5 heteroatoms. The molecule has 5 nitrogen and oxygen atoms in total. The van der Waals surface area contributed by atoms with E-state index in [-0.39, 0.29) is 11.5 Å². The van der Waals surface area contributed by atoms with Gasteiger partial charge in [-0.2, -0.15) is 0 Å². The molecular weight excluding hydrogens is 218 g/mol. The van der Waals surface area contributed by atoms with Crippen LogP contribution in [0.3, 0.4) is 0 Å². The van der Waals surface area contributed by atoms with Crippen LogP contribution >= 0.6 is 0 Å². The summed E-state index contributed by atoms with van der Waals surface area (Å²) in [5.41, 5.74) is 14.3. The highest BCUT2D eigenvalue weighted by Crippen LogP contribution is 2.52. The largest absolute Gasteiger partial charge is 0.417 e. The molecule has 2 aromatic rings. The summed E-state index contributed by atoms with van der Waals surface area (Å²) in [5.74, 6) is -0.439. The quantitative estimate of drug-likeness (QED) is 0.732. The Bertz CT molecular complexity index is 609. The summed E-state index contributed by atoms with van der Waals surface area (Å²) in [6.45, 7) is 0.600. The number of H-pyrrole nitrogens is 1. The number of aromatic amines is 1. The number of oxazole rings is 1. The van der Waals surface area contributed by atoms with Crippen molar-refractivity contribution < 1.29 is 4.42 Å². The van der Waals surface area contributed by atoms with Crippen LogP contribution in [0.5, 0.6) is 0 Å². The fraction of sp³-hybridized carbons (Fsp3) is 0.417. The van der Waals surface area contributed by atoms with Crippen LogP contribution in [0.25, 0.3) is 11.1 Å². The Hall–Kier alpha value is -1.59. The van der Waals surface area contributed by atoms with Crippen molar-refractivity contribution in [3.8, 4) is 0 Å². The Balaban J connectivity index is 2.03. The van der Waals surface area contributed by atoms with Gasteiger partial charge in [-0.3, -0.25) is 4.98 Å². The van der Waals surface area contributed by atoms with Crippen LogP contribution in [-0.2, 0) is 0 Å². The lowest BCUT2D eigenvalue weighted by Crippen LogP contribution is -2.29. The molecule has 0 bridgehead atoms. The van der Waals surface area contributed by atoms with Crippen molar-refractivity contribution in [3.05, 3.63) is 34.3 Å². The Kier molecular flexibility index (Phi) is 2.14. The number of nitrogens with one attached hydrogen (secondary N) is 1. The molecular formula is C12H15N3O2. The number of hydrogen-bond donors (Lipinski definition) is 3. The highest BCUT2D eigenvalue weighted by molar-refractivity contribution is 5.73. The number of aromatic nitrogens is 1. The molecule has 1 aromatic carbocycles. The van der Waals surface area contributed by atoms with Crippen molar-refractivity contribution >= 4 is 11.1 Å². The second-order valence-electron chi connectivity index (χ2n) is 4.81. The fourth-order valence-corrected chi connectivity index (χ4v) is 2.31. The first-order valence-electron chi connectivity index (χ1n) is 5.73. The van der Waals surface area contributed by atoms with Crippen molar-refractivity contribution in [2.24, 2.45) is 16.9 Å². The average molecular weight is 233 g/mol. The van der Waals surface area contributed by atoms with Gasteiger partial charge in [0.25, 0.3) is 0 Å². The van der Waals surface area contributed by atoms with Gasteiger partial charge < -0.3 is 15.9 Å². The van der Waals surface area contributed by atoms with Crippen LogP contribution in [0.15, 0.2) is 27.4 Å². The van der Waals surface area contributed by atoms with Gasteiger partial charge in [-0.15, -0.1) is 0 Å². The molecule has 1 aliphatic rings. The van der Waals surface area contributed by atoms with E-state index in [2.05, 4.69) is 4.98 Å². The van der Waals surface area contributed by atoms with Crippen LogP contribution in [0.4, 0.5) is 0 Å². The van der Waals surface area contributed by atoms with Gasteiger partial charge in [0, 0.05) is 11.5 Å². The molecule has 3 rings (SSSR count). The maximum absolute atomic E-state index is 11.1. The lowest BCUT2D eigenvalue weighted by atomic mass is 9.91. The minimum absolute atomic E-state index is 0.0459. The zero-order chi connectivity index (χ0) is 12.0. The summed E-state index contributed by atoms with van der Waals surface area (Å²) < 4.78 is 5.03. The van der Waals surface area contributed by atoms with Gasteiger partial charge in [-0.1, -0.05) is 6.07 Å². The molecule has 0 amide bonds. The van der Waals surface area contributed by atoms with E-state index >= 15 is 0 Å². The summed E-state index contributed by atoms with van der Waals surface area (Å²) in [6, 6.07) is 5.49. The van der Waals surface area contributed by atoms with Crippen LogP contribution in [0.2, 0.25) is 0 Å². The predicted octanol–water partition coefficient (Wildman–Crippen LogP) is 0.860. The first kappa shape index (κ1) is 10.6. The highest BCUT2D eigenvalue weighted by Gasteiger charge is 2.47. The third kappa shape index (κ3) is 1.59. The predicted molar refractivity (Wildman–Crippen MR) is 64.5 cm³/mol. The monoisotopic (exact) mass is 233 g/mol. The van der Waals surface area contributed by atoms with E-state index < -0.39 is 5.76 Å². The highest BCUT2D eigenvalue weighted by atomic mass is 16.4. The van der Waals surface area contributed by atoms with Crippen molar-refractivity contribution in [2.75, 3.05) is 6.54 Å². The minimum atomic E-state index is -0.439. The lowest BCUT2D eigenvalue weighted by Gasteiger charge is -2.21. The zero-order valence-corrected chi connectivity index (χ0v) is 9.40. The van der Waals surface area contributed by atoms with E-state index in [0.717, 1.165) is 18.4 Å². The third-order valence-electron chi connectivity index (χ3n) is 3.76. The Labute approximate surface area is 97.8 Å². The number of benzene rings is 1. The number of hydrogen-bond acceptors (Lipinski definition) is 4. The molecule has 1 heterocycles. The zero-order valence-electron chi connectivity index (χ0n) is 9.40. The summed E-state index contributed by atoms with van der Waals surface area (Å²) in [6.07, 6.45) is 2.14. The first-order valence-corrected chi connectivity index (χ1v) is 5.73. The maximum Gasteiger partial charge on any atom is 0.417 e. The maximum atomic E-state index is 11.1. The Morgan fingerprint density at radius 3 is 2.88 bits per heavy atom. The average Bonchev–Trinajstić information content (AvgIpc) is 3.03. The summed E-state index contributed by atoms with van der Waals surface area (Å²) >= 11 is 0. The molecule has 0 saturated heterocycles. The van der Waals surface area contributed by atoms with Gasteiger partial charge in [-0.25, -0.2) is 4.79 Å². The van der Waals surface area contributed by atoms with E-state index in [1.807, 2.05) is 18.2 Å². The first-order chi connectivity index (χ1) is 8.14. The second-order valence-corrected chi connectivity index (χ2v) is 4.81.